The van der Waals surface area contributed by atoms with Gasteiger partial charge in [-0.1, -0.05) is 19.8 Å². The summed E-state index contributed by atoms with van der Waals surface area (Å²) in [6, 6.07) is 0. The molecule has 1 rings (SSSR count). The summed E-state index contributed by atoms with van der Waals surface area (Å²) >= 11 is 5.61. The molecule has 0 unspecified atom stereocenters. The Kier molecular flexibility index (Phi) is 5.63. The Labute approximate surface area is 118 Å². The van der Waals surface area contributed by atoms with Gasteiger partial charge in [-0.25, -0.2) is 13.2 Å². The van der Waals surface area contributed by atoms with E-state index in [0.29, 0.717) is 6.42 Å². The molecule has 0 aromatic carbocycles. The van der Waals surface area contributed by atoms with Gasteiger partial charge in [-0.15, -0.1) is 11.6 Å². The molecule has 0 heterocycles. The zero-order valence-electron chi connectivity index (χ0n) is 11.0. The molecule has 20 heavy (non-hydrogen) atoms. The minimum Gasteiger partial charge on any atom is -0.376 e. The van der Waals surface area contributed by atoms with Crippen LogP contribution in [-0.2, 0) is 4.74 Å². The summed E-state index contributed by atoms with van der Waals surface area (Å²) in [7, 11) is 0. The molecule has 0 spiro atoms. The quantitative estimate of drug-likeness (QED) is 0.398. The fraction of sp³-hybridized carbons (Fsp3) is 1.00. The second-order valence-electron chi connectivity index (χ2n) is 5.04. The predicted octanol–water partition coefficient (Wildman–Crippen LogP) is 4.87. The molecule has 3 atom stereocenters. The molecule has 1 saturated carbocycles. The van der Waals surface area contributed by atoms with Crippen molar-refractivity contribution in [3.8, 4) is 0 Å². The molecule has 8 heteroatoms. The van der Waals surface area contributed by atoms with Crippen molar-refractivity contribution in [2.75, 3.05) is 6.61 Å². The van der Waals surface area contributed by atoms with E-state index in [1.807, 2.05) is 6.92 Å². The largest absolute Gasteiger partial charge is 0.428 e. The first-order valence-electron chi connectivity index (χ1n) is 6.44. The van der Waals surface area contributed by atoms with Gasteiger partial charge < -0.3 is 4.74 Å². The van der Waals surface area contributed by atoms with Gasteiger partial charge in [0.05, 0.1) is 11.5 Å². The fourth-order valence-electron chi connectivity index (χ4n) is 2.16. The molecule has 1 nitrogen and oxygen atoms in total. The van der Waals surface area contributed by atoms with Crippen LogP contribution in [0, 0.1) is 0 Å². The highest BCUT2D eigenvalue weighted by atomic mass is 35.5. The van der Waals surface area contributed by atoms with E-state index in [2.05, 4.69) is 0 Å². The van der Waals surface area contributed by atoms with Crippen LogP contribution in [0.5, 0.6) is 0 Å². The van der Waals surface area contributed by atoms with Crippen molar-refractivity contribution >= 4 is 11.6 Å². The van der Waals surface area contributed by atoms with E-state index in [9.17, 15) is 26.3 Å². The Balaban J connectivity index is 2.72. The molecule has 0 radical (unpaired) electrons. The third kappa shape index (κ3) is 3.53. The first-order valence-corrected chi connectivity index (χ1v) is 6.88. The number of rotatable bonds is 5. The van der Waals surface area contributed by atoms with E-state index < -0.39 is 42.1 Å². The van der Waals surface area contributed by atoms with Crippen molar-refractivity contribution in [3.63, 3.8) is 0 Å². The molecule has 0 bridgehead atoms. The van der Waals surface area contributed by atoms with E-state index in [1.165, 1.54) is 0 Å². The summed E-state index contributed by atoms with van der Waals surface area (Å²) in [6.07, 6.45) is -7.48. The average molecular weight is 327 g/mol. The fourth-order valence-corrected chi connectivity index (χ4v) is 2.54. The normalized spacial score (nSPS) is 34.2. The van der Waals surface area contributed by atoms with Gasteiger partial charge in [-0.2, -0.15) is 13.2 Å². The molecule has 0 aliphatic heterocycles. The van der Waals surface area contributed by atoms with E-state index in [1.54, 1.807) is 0 Å². The van der Waals surface area contributed by atoms with Crippen LogP contribution in [-0.4, -0.2) is 35.9 Å². The van der Waals surface area contributed by atoms with Crippen molar-refractivity contribution in [2.24, 2.45) is 0 Å². The molecular weight excluding hydrogens is 310 g/mol. The van der Waals surface area contributed by atoms with Gasteiger partial charge in [0.2, 0.25) is 0 Å². The molecule has 1 aliphatic rings. The molecular formula is C12H17ClF6O. The van der Waals surface area contributed by atoms with E-state index in [0.717, 1.165) is 12.8 Å². The summed E-state index contributed by atoms with van der Waals surface area (Å²) < 4.78 is 83.4. The van der Waals surface area contributed by atoms with E-state index in [4.69, 9.17) is 16.3 Å². The number of unbranched alkanes of at least 4 members (excludes halogenated alkanes) is 2. The second-order valence-corrected chi connectivity index (χ2v) is 5.60. The zero-order valence-corrected chi connectivity index (χ0v) is 11.7. The maximum Gasteiger partial charge on any atom is 0.428 e. The first-order chi connectivity index (χ1) is 9.05. The maximum absolute atomic E-state index is 13.7. The number of hydrogen-bond acceptors (Lipinski definition) is 1. The van der Waals surface area contributed by atoms with Gasteiger partial charge in [-0.05, 0) is 6.42 Å². The SMILES string of the molecule is CCCCCO[C@@H]1CC(F)(F)[C@@](F)(C(F)(F)F)C[C@@H]1Cl. The van der Waals surface area contributed by atoms with Gasteiger partial charge in [-0.3, -0.25) is 0 Å². The van der Waals surface area contributed by atoms with Crippen LogP contribution in [0.25, 0.3) is 0 Å². The highest BCUT2D eigenvalue weighted by Gasteiger charge is 2.74. The van der Waals surface area contributed by atoms with Crippen LogP contribution in [0.3, 0.4) is 0 Å². The van der Waals surface area contributed by atoms with Crippen LogP contribution in [0.1, 0.15) is 39.0 Å². The van der Waals surface area contributed by atoms with E-state index in [-0.39, 0.29) is 6.61 Å². The number of halogens is 7. The second kappa shape index (κ2) is 6.30. The monoisotopic (exact) mass is 326 g/mol. The zero-order chi connectivity index (χ0) is 15.6. The number of hydrogen-bond donors (Lipinski definition) is 0. The van der Waals surface area contributed by atoms with Gasteiger partial charge in [0.25, 0.3) is 11.6 Å². The molecule has 0 aromatic rings. The number of ether oxygens (including phenoxy) is 1. The summed E-state index contributed by atoms with van der Waals surface area (Å²) in [5, 5.41) is -1.43. The lowest BCUT2D eigenvalue weighted by Gasteiger charge is -2.43. The Bertz CT molecular complexity index is 322. The molecule has 1 fully saturated rings. The molecule has 0 amide bonds. The molecule has 0 N–H and O–H groups in total. The minimum absolute atomic E-state index is 0.128. The van der Waals surface area contributed by atoms with Crippen molar-refractivity contribution in [1.29, 1.82) is 0 Å². The molecule has 120 valence electrons. The van der Waals surface area contributed by atoms with Gasteiger partial charge >= 0.3 is 6.18 Å². The smallest absolute Gasteiger partial charge is 0.376 e. The Morgan fingerprint density at radius 3 is 2.25 bits per heavy atom. The Morgan fingerprint density at radius 1 is 1.15 bits per heavy atom. The standard InChI is InChI=1S/C12H17ClF6O/c1-2-3-4-5-20-9-7-11(15,16)10(14,6-8(9)13)12(17,18)19/h8-9H,2-7H2,1H3/t8-,9+,10+/m0/s1. The minimum atomic E-state index is -5.66. The van der Waals surface area contributed by atoms with Gasteiger partial charge in [0.15, 0.2) is 0 Å². The van der Waals surface area contributed by atoms with Crippen molar-refractivity contribution in [3.05, 3.63) is 0 Å². The lowest BCUT2D eigenvalue weighted by atomic mass is 9.80. The lowest BCUT2D eigenvalue weighted by molar-refractivity contribution is -0.321. The third-order valence-corrected chi connectivity index (χ3v) is 3.88. The predicted molar refractivity (Wildman–Crippen MR) is 63.0 cm³/mol. The Morgan fingerprint density at radius 2 is 1.75 bits per heavy atom. The van der Waals surface area contributed by atoms with Crippen LogP contribution < -0.4 is 0 Å². The lowest BCUT2D eigenvalue weighted by Crippen LogP contribution is -2.62. The van der Waals surface area contributed by atoms with Crippen LogP contribution in [0.15, 0.2) is 0 Å². The van der Waals surface area contributed by atoms with Crippen molar-refractivity contribution < 1.29 is 31.1 Å². The highest BCUT2D eigenvalue weighted by molar-refractivity contribution is 6.21. The summed E-state index contributed by atoms with van der Waals surface area (Å²) in [6.45, 7) is 2.06. The molecule has 0 aromatic heterocycles. The maximum atomic E-state index is 13.7. The summed E-state index contributed by atoms with van der Waals surface area (Å²) in [4.78, 5) is 0. The topological polar surface area (TPSA) is 9.23 Å². The van der Waals surface area contributed by atoms with Crippen molar-refractivity contribution in [1.82, 2.24) is 0 Å². The van der Waals surface area contributed by atoms with Crippen LogP contribution >= 0.6 is 11.6 Å². The van der Waals surface area contributed by atoms with Gasteiger partial charge in [0, 0.05) is 19.4 Å². The van der Waals surface area contributed by atoms with E-state index >= 15 is 0 Å². The van der Waals surface area contributed by atoms with Crippen LogP contribution in [0.4, 0.5) is 26.3 Å². The molecule has 0 saturated heterocycles. The third-order valence-electron chi connectivity index (χ3n) is 3.45. The number of alkyl halides is 7. The van der Waals surface area contributed by atoms with Crippen LogP contribution in [0.2, 0.25) is 0 Å². The Hall–Kier alpha value is -0.170. The van der Waals surface area contributed by atoms with Gasteiger partial charge in [0.1, 0.15) is 0 Å². The first kappa shape index (κ1) is 17.9. The molecule has 1 aliphatic carbocycles. The van der Waals surface area contributed by atoms with Crippen molar-refractivity contribution in [2.45, 2.75) is 68.3 Å². The highest BCUT2D eigenvalue weighted by Crippen LogP contribution is 2.54. The average Bonchev–Trinajstić information content (AvgIpc) is 2.29. The summed E-state index contributed by atoms with van der Waals surface area (Å²) in [5.74, 6) is -4.54. The summed E-state index contributed by atoms with van der Waals surface area (Å²) in [5.41, 5.74) is -4.59.